The zero-order chi connectivity index (χ0) is 16.2. The molecule has 2 atom stereocenters. The lowest BCUT2D eigenvalue weighted by Crippen LogP contribution is -2.45. The number of morpholine rings is 1. The molecule has 6 nitrogen and oxygen atoms in total. The highest BCUT2D eigenvalue weighted by atomic mass is 16.5. The summed E-state index contributed by atoms with van der Waals surface area (Å²) in [6, 6.07) is 5.62. The van der Waals surface area contributed by atoms with E-state index >= 15 is 0 Å². The summed E-state index contributed by atoms with van der Waals surface area (Å²) in [6.45, 7) is 6.26. The average molecular weight is 315 g/mol. The molecule has 2 aromatic heterocycles. The molecule has 1 aliphatic heterocycles. The van der Waals surface area contributed by atoms with E-state index in [0.29, 0.717) is 12.1 Å². The molecule has 0 bridgehead atoms. The normalized spacial score (nSPS) is 21.2. The van der Waals surface area contributed by atoms with Crippen LogP contribution in [0.1, 0.15) is 29.8 Å². The van der Waals surface area contributed by atoms with E-state index in [4.69, 9.17) is 9.15 Å². The first kappa shape index (κ1) is 15.6. The van der Waals surface area contributed by atoms with Gasteiger partial charge in [0.05, 0.1) is 24.0 Å². The monoisotopic (exact) mass is 315 g/mol. The Morgan fingerprint density at radius 1 is 1.30 bits per heavy atom. The summed E-state index contributed by atoms with van der Waals surface area (Å²) in [5, 5.41) is 2.84. The third-order valence-electron chi connectivity index (χ3n) is 3.79. The third-order valence-corrected chi connectivity index (χ3v) is 3.79. The second-order valence-corrected chi connectivity index (χ2v) is 5.88. The van der Waals surface area contributed by atoms with Crippen LogP contribution in [-0.2, 0) is 11.3 Å². The summed E-state index contributed by atoms with van der Waals surface area (Å²) in [6.07, 6.45) is 5.12. The summed E-state index contributed by atoms with van der Waals surface area (Å²) < 4.78 is 10.6. The molecule has 1 saturated heterocycles. The van der Waals surface area contributed by atoms with Crippen molar-refractivity contribution in [2.24, 2.45) is 0 Å². The summed E-state index contributed by atoms with van der Waals surface area (Å²) in [7, 11) is 0. The van der Waals surface area contributed by atoms with Crippen LogP contribution >= 0.6 is 0 Å². The molecule has 6 heteroatoms. The number of hydrogen-bond acceptors (Lipinski definition) is 5. The van der Waals surface area contributed by atoms with Crippen molar-refractivity contribution in [3.8, 4) is 0 Å². The topological polar surface area (TPSA) is 67.6 Å². The summed E-state index contributed by atoms with van der Waals surface area (Å²) in [4.78, 5) is 18.6. The Hall–Kier alpha value is -2.34. The fourth-order valence-electron chi connectivity index (χ4n) is 2.75. The van der Waals surface area contributed by atoms with E-state index in [1.807, 2.05) is 12.1 Å². The smallest absolute Gasteiger partial charge is 0.254 e. The predicted octanol–water partition coefficient (Wildman–Crippen LogP) is 2.22. The van der Waals surface area contributed by atoms with E-state index in [2.05, 4.69) is 29.0 Å². The highest BCUT2D eigenvalue weighted by Gasteiger charge is 2.22. The minimum Gasteiger partial charge on any atom is -0.472 e. The zero-order valence-electron chi connectivity index (χ0n) is 13.4. The van der Waals surface area contributed by atoms with Gasteiger partial charge >= 0.3 is 0 Å². The van der Waals surface area contributed by atoms with Crippen LogP contribution in [0.2, 0.25) is 0 Å². The number of rotatable bonds is 4. The molecule has 1 amide bonds. The number of anilines is 1. The van der Waals surface area contributed by atoms with Crippen LogP contribution in [0.3, 0.4) is 0 Å². The Balaban J connectivity index is 1.58. The molecule has 3 heterocycles. The molecule has 0 unspecified atom stereocenters. The van der Waals surface area contributed by atoms with E-state index in [0.717, 1.165) is 24.5 Å². The van der Waals surface area contributed by atoms with Gasteiger partial charge in [0.2, 0.25) is 0 Å². The number of carbonyl (C=O) groups is 1. The molecule has 0 aromatic carbocycles. The van der Waals surface area contributed by atoms with Crippen LogP contribution < -0.4 is 10.2 Å². The highest BCUT2D eigenvalue weighted by molar-refractivity contribution is 5.93. The van der Waals surface area contributed by atoms with Crippen molar-refractivity contribution in [2.75, 3.05) is 18.0 Å². The Morgan fingerprint density at radius 3 is 2.70 bits per heavy atom. The largest absolute Gasteiger partial charge is 0.472 e. The van der Waals surface area contributed by atoms with E-state index < -0.39 is 0 Å². The lowest BCUT2D eigenvalue weighted by Gasteiger charge is -2.36. The molecule has 0 radical (unpaired) electrons. The molecule has 1 N–H and O–H groups in total. The Morgan fingerprint density at radius 2 is 2.09 bits per heavy atom. The average Bonchev–Trinajstić information content (AvgIpc) is 3.07. The quantitative estimate of drug-likeness (QED) is 0.937. The van der Waals surface area contributed by atoms with E-state index in [9.17, 15) is 4.79 Å². The molecule has 2 aromatic rings. The first-order chi connectivity index (χ1) is 11.1. The maximum absolute atomic E-state index is 11.9. The number of pyridine rings is 1. The van der Waals surface area contributed by atoms with Gasteiger partial charge in [-0.15, -0.1) is 0 Å². The fourth-order valence-corrected chi connectivity index (χ4v) is 2.75. The molecule has 23 heavy (non-hydrogen) atoms. The van der Waals surface area contributed by atoms with Crippen molar-refractivity contribution in [3.63, 3.8) is 0 Å². The van der Waals surface area contributed by atoms with Gasteiger partial charge in [0.1, 0.15) is 12.1 Å². The van der Waals surface area contributed by atoms with Gasteiger partial charge in [-0.2, -0.15) is 0 Å². The van der Waals surface area contributed by atoms with Crippen molar-refractivity contribution in [2.45, 2.75) is 32.6 Å². The summed E-state index contributed by atoms with van der Waals surface area (Å²) >= 11 is 0. The highest BCUT2D eigenvalue weighted by Crippen LogP contribution is 2.18. The molecule has 122 valence electrons. The Bertz CT molecular complexity index is 630. The van der Waals surface area contributed by atoms with Gasteiger partial charge in [0.25, 0.3) is 5.91 Å². The van der Waals surface area contributed by atoms with E-state index in [-0.39, 0.29) is 18.1 Å². The van der Waals surface area contributed by atoms with Crippen LogP contribution in [0.25, 0.3) is 0 Å². The van der Waals surface area contributed by atoms with E-state index in [1.54, 1.807) is 12.3 Å². The van der Waals surface area contributed by atoms with Gasteiger partial charge in [0, 0.05) is 25.8 Å². The van der Waals surface area contributed by atoms with Crippen LogP contribution in [0.15, 0.2) is 41.3 Å². The van der Waals surface area contributed by atoms with Gasteiger partial charge in [0.15, 0.2) is 0 Å². The Kier molecular flexibility index (Phi) is 4.62. The van der Waals surface area contributed by atoms with Crippen molar-refractivity contribution >= 4 is 11.7 Å². The van der Waals surface area contributed by atoms with Crippen LogP contribution in [0.4, 0.5) is 5.82 Å². The second-order valence-electron chi connectivity index (χ2n) is 5.88. The van der Waals surface area contributed by atoms with Crippen molar-refractivity contribution in [1.82, 2.24) is 10.3 Å². The van der Waals surface area contributed by atoms with Crippen LogP contribution in [0, 0.1) is 0 Å². The maximum Gasteiger partial charge on any atom is 0.254 e. The van der Waals surface area contributed by atoms with Crippen LogP contribution in [-0.4, -0.2) is 36.2 Å². The predicted molar refractivity (Wildman–Crippen MR) is 86.3 cm³/mol. The van der Waals surface area contributed by atoms with Gasteiger partial charge < -0.3 is 19.4 Å². The number of carbonyl (C=O) groups excluding carboxylic acids is 1. The van der Waals surface area contributed by atoms with Gasteiger partial charge in [-0.1, -0.05) is 6.07 Å². The minimum absolute atomic E-state index is 0.154. The van der Waals surface area contributed by atoms with Gasteiger partial charge in [-0.3, -0.25) is 4.79 Å². The molecule has 1 aliphatic rings. The standard InChI is InChI=1S/C17H21N3O3/c1-12-9-20(10-13(2)23-12)16-4-3-14(7-18-16)8-19-17(21)15-5-6-22-11-15/h3-7,11-13H,8-10H2,1-2H3,(H,19,21)/t12-,13-/m0/s1. The number of aromatic nitrogens is 1. The van der Waals surface area contributed by atoms with E-state index in [1.165, 1.54) is 12.5 Å². The van der Waals surface area contributed by atoms with Gasteiger partial charge in [-0.05, 0) is 31.5 Å². The SMILES string of the molecule is C[C@H]1CN(c2ccc(CNC(=O)c3ccoc3)cn2)C[C@H](C)O1. The number of amides is 1. The molecular weight excluding hydrogens is 294 g/mol. The fraction of sp³-hybridized carbons (Fsp3) is 0.412. The molecule has 0 saturated carbocycles. The lowest BCUT2D eigenvalue weighted by atomic mass is 10.2. The zero-order valence-corrected chi connectivity index (χ0v) is 13.4. The first-order valence-corrected chi connectivity index (χ1v) is 7.77. The second kappa shape index (κ2) is 6.83. The number of ether oxygens (including phenoxy) is 1. The third kappa shape index (κ3) is 3.90. The van der Waals surface area contributed by atoms with Crippen molar-refractivity contribution in [3.05, 3.63) is 48.0 Å². The molecule has 0 aliphatic carbocycles. The minimum atomic E-state index is -0.154. The number of nitrogens with one attached hydrogen (secondary N) is 1. The van der Waals surface area contributed by atoms with Crippen molar-refractivity contribution < 1.29 is 13.9 Å². The summed E-state index contributed by atoms with van der Waals surface area (Å²) in [5.74, 6) is 0.788. The van der Waals surface area contributed by atoms with Crippen molar-refractivity contribution in [1.29, 1.82) is 0 Å². The lowest BCUT2D eigenvalue weighted by molar-refractivity contribution is -0.00546. The Labute approximate surface area is 135 Å². The number of hydrogen-bond donors (Lipinski definition) is 1. The molecule has 0 spiro atoms. The molecule has 1 fully saturated rings. The summed E-state index contributed by atoms with van der Waals surface area (Å²) in [5.41, 5.74) is 1.48. The maximum atomic E-state index is 11.9. The van der Waals surface area contributed by atoms with Gasteiger partial charge in [-0.25, -0.2) is 4.98 Å². The number of nitrogens with zero attached hydrogens (tertiary/aromatic N) is 2. The number of furan rings is 1. The molecular formula is C17H21N3O3. The first-order valence-electron chi connectivity index (χ1n) is 7.77. The molecule has 3 rings (SSSR count). The van der Waals surface area contributed by atoms with Crippen LogP contribution in [0.5, 0.6) is 0 Å².